The van der Waals surface area contributed by atoms with Gasteiger partial charge in [-0.3, -0.25) is 4.68 Å². The first-order chi connectivity index (χ1) is 8.89. The van der Waals surface area contributed by atoms with Crippen molar-refractivity contribution in [3.05, 3.63) is 11.4 Å². The molecular formula is C12H23N3O3S. The summed E-state index contributed by atoms with van der Waals surface area (Å²) in [5.41, 5.74) is 1.07. The van der Waals surface area contributed by atoms with E-state index in [9.17, 15) is 8.42 Å². The van der Waals surface area contributed by atoms with Gasteiger partial charge >= 0.3 is 0 Å². The van der Waals surface area contributed by atoms with Gasteiger partial charge in [0.1, 0.15) is 4.90 Å². The van der Waals surface area contributed by atoms with Gasteiger partial charge in [0.2, 0.25) is 10.0 Å². The van der Waals surface area contributed by atoms with E-state index in [0.29, 0.717) is 31.0 Å². The summed E-state index contributed by atoms with van der Waals surface area (Å²) < 4.78 is 28.3. The fourth-order valence-corrected chi connectivity index (χ4v) is 4.11. The molecule has 0 bridgehead atoms. The monoisotopic (exact) mass is 289 g/mol. The Labute approximate surface area is 115 Å². The first-order valence-electron chi connectivity index (χ1n) is 6.55. The summed E-state index contributed by atoms with van der Waals surface area (Å²) in [5.74, 6) is 0. The van der Waals surface area contributed by atoms with Gasteiger partial charge in [-0.15, -0.1) is 0 Å². The molecule has 7 heteroatoms. The molecule has 0 saturated carbocycles. The molecule has 1 heterocycles. The lowest BCUT2D eigenvalue weighted by Gasteiger charge is -2.19. The second-order valence-electron chi connectivity index (χ2n) is 4.44. The Balaban J connectivity index is 3.28. The fraction of sp³-hybridized carbons (Fsp3) is 0.750. The second kappa shape index (κ2) is 6.49. The van der Waals surface area contributed by atoms with E-state index >= 15 is 0 Å². The van der Waals surface area contributed by atoms with Gasteiger partial charge in [-0.2, -0.15) is 9.40 Å². The molecule has 0 aliphatic rings. The van der Waals surface area contributed by atoms with Gasteiger partial charge in [-0.1, -0.05) is 13.8 Å². The van der Waals surface area contributed by atoms with Crippen molar-refractivity contribution in [2.45, 2.75) is 45.6 Å². The maximum Gasteiger partial charge on any atom is 0.246 e. The number of aliphatic hydroxyl groups is 1. The highest BCUT2D eigenvalue weighted by atomic mass is 32.2. The average molecular weight is 289 g/mol. The molecule has 0 amide bonds. The summed E-state index contributed by atoms with van der Waals surface area (Å²) in [6.07, 6.45) is 0.774. The zero-order valence-corrected chi connectivity index (χ0v) is 12.9. The molecule has 1 aromatic rings. The molecule has 110 valence electrons. The summed E-state index contributed by atoms with van der Waals surface area (Å²) in [5, 5.41) is 13.2. The van der Waals surface area contributed by atoms with Crippen LogP contribution in [0.4, 0.5) is 0 Å². The fourth-order valence-electron chi connectivity index (χ4n) is 2.19. The van der Waals surface area contributed by atoms with E-state index in [4.69, 9.17) is 5.11 Å². The van der Waals surface area contributed by atoms with E-state index in [1.165, 1.54) is 4.31 Å². The van der Waals surface area contributed by atoms with Crippen molar-refractivity contribution in [3.8, 4) is 0 Å². The summed E-state index contributed by atoms with van der Waals surface area (Å²) in [6, 6.07) is 0. The van der Waals surface area contributed by atoms with Crippen molar-refractivity contribution in [2.24, 2.45) is 0 Å². The van der Waals surface area contributed by atoms with Gasteiger partial charge in [0.25, 0.3) is 0 Å². The molecular weight excluding hydrogens is 266 g/mol. The molecule has 19 heavy (non-hydrogen) atoms. The Kier molecular flexibility index (Phi) is 5.51. The number of aliphatic hydroxyl groups excluding tert-OH is 1. The SMILES string of the molecule is CCCN(CC)S(=O)(=O)c1c(C)nn(CCO)c1C. The van der Waals surface area contributed by atoms with Crippen molar-refractivity contribution >= 4 is 10.0 Å². The van der Waals surface area contributed by atoms with Crippen LogP contribution >= 0.6 is 0 Å². The van der Waals surface area contributed by atoms with Crippen LogP contribution in [0.15, 0.2) is 4.90 Å². The Hall–Kier alpha value is -0.920. The van der Waals surface area contributed by atoms with Gasteiger partial charge in [0.05, 0.1) is 24.5 Å². The molecule has 0 fully saturated rings. The highest BCUT2D eigenvalue weighted by Crippen LogP contribution is 2.23. The summed E-state index contributed by atoms with van der Waals surface area (Å²) >= 11 is 0. The van der Waals surface area contributed by atoms with Crippen LogP contribution in [0.3, 0.4) is 0 Å². The van der Waals surface area contributed by atoms with E-state index in [1.807, 2.05) is 13.8 Å². The van der Waals surface area contributed by atoms with Crippen LogP contribution in [-0.4, -0.2) is 47.3 Å². The highest BCUT2D eigenvalue weighted by molar-refractivity contribution is 7.89. The molecule has 0 aromatic carbocycles. The highest BCUT2D eigenvalue weighted by Gasteiger charge is 2.29. The number of nitrogens with zero attached hydrogens (tertiary/aromatic N) is 3. The third-order valence-corrected chi connectivity index (χ3v) is 5.28. The number of hydrogen-bond acceptors (Lipinski definition) is 4. The Morgan fingerprint density at radius 2 is 1.95 bits per heavy atom. The van der Waals surface area contributed by atoms with Gasteiger partial charge in [0, 0.05) is 13.1 Å². The first-order valence-corrected chi connectivity index (χ1v) is 7.99. The van der Waals surface area contributed by atoms with Gasteiger partial charge < -0.3 is 5.11 Å². The molecule has 0 spiro atoms. The molecule has 0 radical (unpaired) electrons. The lowest BCUT2D eigenvalue weighted by Crippen LogP contribution is -2.32. The average Bonchev–Trinajstić information content (AvgIpc) is 2.62. The summed E-state index contributed by atoms with van der Waals surface area (Å²) in [6.45, 7) is 8.39. The molecule has 0 atom stereocenters. The number of rotatable bonds is 7. The minimum atomic E-state index is -3.50. The standard InChI is InChI=1S/C12H23N3O3S/c1-5-7-14(6-2)19(17,18)12-10(3)13-15(8-9-16)11(12)4/h16H,5-9H2,1-4H3. The Bertz CT molecular complexity index is 523. The number of aromatic nitrogens is 2. The first kappa shape index (κ1) is 16.1. The zero-order chi connectivity index (χ0) is 14.6. The number of sulfonamides is 1. The largest absolute Gasteiger partial charge is 0.394 e. The zero-order valence-electron chi connectivity index (χ0n) is 12.0. The Morgan fingerprint density at radius 3 is 2.42 bits per heavy atom. The van der Waals surface area contributed by atoms with E-state index in [2.05, 4.69) is 5.10 Å². The Morgan fingerprint density at radius 1 is 1.32 bits per heavy atom. The van der Waals surface area contributed by atoms with Crippen LogP contribution < -0.4 is 0 Å². The quantitative estimate of drug-likeness (QED) is 0.809. The van der Waals surface area contributed by atoms with E-state index in [0.717, 1.165) is 6.42 Å². The molecule has 0 saturated heterocycles. The molecule has 1 aromatic heterocycles. The predicted molar refractivity (Wildman–Crippen MR) is 73.5 cm³/mol. The predicted octanol–water partition coefficient (Wildman–Crippen LogP) is 0.913. The van der Waals surface area contributed by atoms with Crippen molar-refractivity contribution in [2.75, 3.05) is 19.7 Å². The second-order valence-corrected chi connectivity index (χ2v) is 6.32. The topological polar surface area (TPSA) is 75.4 Å². The lowest BCUT2D eigenvalue weighted by molar-refractivity contribution is 0.267. The normalized spacial score (nSPS) is 12.3. The molecule has 1 rings (SSSR count). The summed E-state index contributed by atoms with van der Waals surface area (Å²) in [7, 11) is -3.50. The molecule has 0 unspecified atom stereocenters. The van der Waals surface area contributed by atoms with Crippen LogP contribution in [-0.2, 0) is 16.6 Å². The summed E-state index contributed by atoms with van der Waals surface area (Å²) in [4.78, 5) is 0.274. The minimum Gasteiger partial charge on any atom is -0.394 e. The van der Waals surface area contributed by atoms with Crippen LogP contribution in [0.5, 0.6) is 0 Å². The third-order valence-electron chi connectivity index (χ3n) is 3.05. The van der Waals surface area contributed by atoms with Crippen LogP contribution in [0, 0.1) is 13.8 Å². The van der Waals surface area contributed by atoms with E-state index in [1.54, 1.807) is 18.5 Å². The smallest absolute Gasteiger partial charge is 0.246 e. The van der Waals surface area contributed by atoms with Crippen molar-refractivity contribution in [3.63, 3.8) is 0 Å². The van der Waals surface area contributed by atoms with Gasteiger partial charge in [-0.25, -0.2) is 8.42 Å². The van der Waals surface area contributed by atoms with E-state index in [-0.39, 0.29) is 11.5 Å². The molecule has 0 aliphatic heterocycles. The van der Waals surface area contributed by atoms with Crippen LogP contribution in [0.25, 0.3) is 0 Å². The van der Waals surface area contributed by atoms with Gasteiger partial charge in [-0.05, 0) is 20.3 Å². The van der Waals surface area contributed by atoms with Crippen LogP contribution in [0.1, 0.15) is 31.7 Å². The maximum absolute atomic E-state index is 12.6. The minimum absolute atomic E-state index is 0.0616. The van der Waals surface area contributed by atoms with Crippen LogP contribution in [0.2, 0.25) is 0 Å². The third kappa shape index (κ3) is 3.16. The molecule has 6 nitrogen and oxygen atoms in total. The van der Waals surface area contributed by atoms with Crippen molar-refractivity contribution < 1.29 is 13.5 Å². The van der Waals surface area contributed by atoms with E-state index < -0.39 is 10.0 Å². The molecule has 1 N–H and O–H groups in total. The van der Waals surface area contributed by atoms with Crippen molar-refractivity contribution in [1.29, 1.82) is 0 Å². The van der Waals surface area contributed by atoms with Gasteiger partial charge in [0.15, 0.2) is 0 Å². The molecule has 0 aliphatic carbocycles. The number of aryl methyl sites for hydroxylation is 1. The number of hydrogen-bond donors (Lipinski definition) is 1. The lowest BCUT2D eigenvalue weighted by atomic mass is 10.4. The van der Waals surface area contributed by atoms with Crippen molar-refractivity contribution in [1.82, 2.24) is 14.1 Å². The maximum atomic E-state index is 12.6.